The second kappa shape index (κ2) is 9.88. The maximum absolute atomic E-state index is 12.4. The summed E-state index contributed by atoms with van der Waals surface area (Å²) in [5.41, 5.74) is 2.28. The minimum Gasteiger partial charge on any atom is -0.460 e. The van der Waals surface area contributed by atoms with Crippen molar-refractivity contribution in [1.29, 1.82) is 0 Å². The normalized spacial score (nSPS) is 16.8. The molecule has 0 aliphatic carbocycles. The fourth-order valence-electron chi connectivity index (χ4n) is 3.48. The molecule has 0 unspecified atom stereocenters. The maximum Gasteiger partial charge on any atom is 0.320 e. The molecule has 3 aromatic rings. The molecule has 4 rings (SSSR count). The first kappa shape index (κ1) is 21.9. The number of aromatic nitrogens is 2. The van der Waals surface area contributed by atoms with Crippen molar-refractivity contribution >= 4 is 55.9 Å². The summed E-state index contributed by atoms with van der Waals surface area (Å²) >= 11 is 3.46. The van der Waals surface area contributed by atoms with Crippen molar-refractivity contribution in [3.8, 4) is 0 Å². The number of esters is 1. The molecule has 0 saturated carbocycles. The van der Waals surface area contributed by atoms with Crippen LogP contribution in [0, 0.1) is 0 Å². The van der Waals surface area contributed by atoms with E-state index in [9.17, 15) is 9.59 Å². The van der Waals surface area contributed by atoms with Crippen LogP contribution in [-0.2, 0) is 14.3 Å². The SMILES string of the molecule is C[C@@H]1CN(CC=CC(=O)Nc2ccc3ncnc(Nc4cccc(Br)c4)c3c2)CC(=O)O1. The van der Waals surface area contributed by atoms with E-state index in [0.717, 1.165) is 21.1 Å². The van der Waals surface area contributed by atoms with E-state index in [2.05, 4.69) is 36.5 Å². The third-order valence-corrected chi connectivity index (χ3v) is 5.32. The highest BCUT2D eigenvalue weighted by atomic mass is 79.9. The number of rotatable bonds is 6. The van der Waals surface area contributed by atoms with Gasteiger partial charge in [-0.15, -0.1) is 0 Å². The molecule has 2 N–H and O–H groups in total. The van der Waals surface area contributed by atoms with E-state index in [1.807, 2.05) is 48.2 Å². The van der Waals surface area contributed by atoms with Gasteiger partial charge in [-0.2, -0.15) is 0 Å². The van der Waals surface area contributed by atoms with Crippen LogP contribution in [0.4, 0.5) is 17.2 Å². The van der Waals surface area contributed by atoms with E-state index in [4.69, 9.17) is 4.74 Å². The molecule has 1 saturated heterocycles. The van der Waals surface area contributed by atoms with Crippen LogP contribution in [0.3, 0.4) is 0 Å². The molecule has 1 atom stereocenters. The first-order valence-electron chi connectivity index (χ1n) is 10.1. The van der Waals surface area contributed by atoms with Crippen molar-refractivity contribution in [2.75, 3.05) is 30.3 Å². The molecule has 1 aliphatic rings. The molecule has 0 spiro atoms. The number of benzene rings is 2. The lowest BCUT2D eigenvalue weighted by molar-refractivity contribution is -0.156. The number of hydrogen-bond donors (Lipinski definition) is 2. The predicted molar refractivity (Wildman–Crippen MR) is 127 cm³/mol. The fraction of sp³-hybridized carbons (Fsp3) is 0.217. The van der Waals surface area contributed by atoms with Gasteiger partial charge in [0, 0.05) is 40.4 Å². The van der Waals surface area contributed by atoms with Gasteiger partial charge >= 0.3 is 5.97 Å². The largest absolute Gasteiger partial charge is 0.460 e. The number of hydrogen-bond acceptors (Lipinski definition) is 7. The molecule has 1 aliphatic heterocycles. The zero-order valence-corrected chi connectivity index (χ0v) is 19.0. The minimum absolute atomic E-state index is 0.141. The summed E-state index contributed by atoms with van der Waals surface area (Å²) in [6.07, 6.45) is 4.57. The monoisotopic (exact) mass is 495 g/mol. The van der Waals surface area contributed by atoms with Gasteiger partial charge in [0.25, 0.3) is 0 Å². The average Bonchev–Trinajstić information content (AvgIpc) is 2.73. The second-order valence-corrected chi connectivity index (χ2v) is 8.39. The Labute approximate surface area is 193 Å². The number of amides is 1. The molecule has 164 valence electrons. The molecule has 9 heteroatoms. The number of halogens is 1. The third kappa shape index (κ3) is 5.68. The molecule has 1 amide bonds. The van der Waals surface area contributed by atoms with E-state index >= 15 is 0 Å². The van der Waals surface area contributed by atoms with Crippen LogP contribution in [0.1, 0.15) is 6.92 Å². The molecular formula is C23H22BrN5O3. The van der Waals surface area contributed by atoms with E-state index in [1.54, 1.807) is 12.1 Å². The fourth-order valence-corrected chi connectivity index (χ4v) is 3.88. The van der Waals surface area contributed by atoms with Crippen molar-refractivity contribution in [2.24, 2.45) is 0 Å². The lowest BCUT2D eigenvalue weighted by atomic mass is 10.2. The van der Waals surface area contributed by atoms with E-state index < -0.39 is 0 Å². The molecule has 0 bridgehead atoms. The number of morpholine rings is 1. The van der Waals surface area contributed by atoms with Crippen LogP contribution in [0.25, 0.3) is 10.9 Å². The molecule has 1 aromatic heterocycles. The van der Waals surface area contributed by atoms with Gasteiger partial charge in [-0.3, -0.25) is 14.5 Å². The van der Waals surface area contributed by atoms with Gasteiger partial charge in [0.05, 0.1) is 12.1 Å². The Morgan fingerprint density at radius 1 is 1.25 bits per heavy atom. The number of cyclic esters (lactones) is 1. The van der Waals surface area contributed by atoms with Gasteiger partial charge < -0.3 is 15.4 Å². The predicted octanol–water partition coefficient (Wildman–Crippen LogP) is 3.88. The number of carbonyl (C=O) groups is 2. The Morgan fingerprint density at radius 2 is 2.12 bits per heavy atom. The van der Waals surface area contributed by atoms with Crippen LogP contribution in [0.15, 0.2) is 65.4 Å². The number of ether oxygens (including phenoxy) is 1. The zero-order chi connectivity index (χ0) is 22.5. The summed E-state index contributed by atoms with van der Waals surface area (Å²) in [5, 5.41) is 6.94. The molecule has 1 fully saturated rings. The van der Waals surface area contributed by atoms with Gasteiger partial charge in [-0.1, -0.05) is 28.1 Å². The molecule has 8 nitrogen and oxygen atoms in total. The highest BCUT2D eigenvalue weighted by molar-refractivity contribution is 9.10. The number of fused-ring (bicyclic) bond motifs is 1. The van der Waals surface area contributed by atoms with Crippen LogP contribution in [-0.4, -0.2) is 52.5 Å². The highest BCUT2D eigenvalue weighted by Crippen LogP contribution is 2.27. The van der Waals surface area contributed by atoms with Gasteiger partial charge in [0.2, 0.25) is 5.91 Å². The summed E-state index contributed by atoms with van der Waals surface area (Å²) in [6, 6.07) is 13.2. The smallest absolute Gasteiger partial charge is 0.320 e. The summed E-state index contributed by atoms with van der Waals surface area (Å²) in [6.45, 7) is 3.23. The van der Waals surface area contributed by atoms with E-state index in [0.29, 0.717) is 24.6 Å². The van der Waals surface area contributed by atoms with Crippen LogP contribution >= 0.6 is 15.9 Å². The summed E-state index contributed by atoms with van der Waals surface area (Å²) in [5.74, 6) is 0.147. The van der Waals surface area contributed by atoms with Gasteiger partial charge in [-0.25, -0.2) is 9.97 Å². The van der Waals surface area contributed by atoms with Crippen molar-refractivity contribution in [1.82, 2.24) is 14.9 Å². The van der Waals surface area contributed by atoms with Gasteiger partial charge in [0.1, 0.15) is 18.2 Å². The topological polar surface area (TPSA) is 96.5 Å². The van der Waals surface area contributed by atoms with Crippen molar-refractivity contribution < 1.29 is 14.3 Å². The summed E-state index contributed by atoms with van der Waals surface area (Å²) in [4.78, 5) is 34.5. The van der Waals surface area contributed by atoms with Crippen LogP contribution in [0.5, 0.6) is 0 Å². The first-order valence-corrected chi connectivity index (χ1v) is 10.9. The van der Waals surface area contributed by atoms with Crippen molar-refractivity contribution in [2.45, 2.75) is 13.0 Å². The second-order valence-electron chi connectivity index (χ2n) is 7.48. The quantitative estimate of drug-likeness (QED) is 0.395. The standard InChI is InChI=1S/C23H22BrN5O3/c1-15-12-29(13-22(31)32-15)9-3-6-21(30)27-18-7-8-20-19(11-18)23(26-14-25-20)28-17-5-2-4-16(24)10-17/h2-8,10-11,14-15H,9,12-13H2,1H3,(H,27,30)(H,25,26,28)/t15-/m1/s1. The van der Waals surface area contributed by atoms with Crippen molar-refractivity contribution in [3.63, 3.8) is 0 Å². The Bertz CT molecular complexity index is 1180. The Kier molecular flexibility index (Phi) is 6.77. The van der Waals surface area contributed by atoms with Crippen LogP contribution < -0.4 is 10.6 Å². The molecular weight excluding hydrogens is 474 g/mol. The van der Waals surface area contributed by atoms with Crippen molar-refractivity contribution in [3.05, 3.63) is 65.4 Å². The molecule has 0 radical (unpaired) electrons. The summed E-state index contributed by atoms with van der Waals surface area (Å²) in [7, 11) is 0. The minimum atomic E-state index is -0.254. The average molecular weight is 496 g/mol. The number of anilines is 3. The van der Waals surface area contributed by atoms with E-state index in [-0.39, 0.29) is 24.5 Å². The lowest BCUT2D eigenvalue weighted by Crippen LogP contribution is -2.44. The number of carbonyl (C=O) groups excluding carboxylic acids is 2. The lowest BCUT2D eigenvalue weighted by Gasteiger charge is -2.29. The molecule has 32 heavy (non-hydrogen) atoms. The maximum atomic E-state index is 12.4. The van der Waals surface area contributed by atoms with Gasteiger partial charge in [0.15, 0.2) is 0 Å². The summed E-state index contributed by atoms with van der Waals surface area (Å²) < 4.78 is 6.06. The number of nitrogens with zero attached hydrogens (tertiary/aromatic N) is 3. The molecule has 2 aromatic carbocycles. The van der Waals surface area contributed by atoms with Gasteiger partial charge in [-0.05, 0) is 43.3 Å². The van der Waals surface area contributed by atoms with E-state index in [1.165, 1.54) is 12.4 Å². The molecule has 2 heterocycles. The first-order chi connectivity index (χ1) is 15.5. The zero-order valence-electron chi connectivity index (χ0n) is 17.4. The highest BCUT2D eigenvalue weighted by Gasteiger charge is 2.22. The third-order valence-electron chi connectivity index (χ3n) is 4.82. The van der Waals surface area contributed by atoms with Crippen LogP contribution in [0.2, 0.25) is 0 Å². The Hall–Kier alpha value is -3.30. The number of nitrogens with one attached hydrogen (secondary N) is 2. The Balaban J connectivity index is 1.44. The Morgan fingerprint density at radius 3 is 2.94 bits per heavy atom.